The molecule has 2 heteroatoms. The van der Waals surface area contributed by atoms with Crippen molar-refractivity contribution in [2.45, 2.75) is 16.7 Å². The molecule has 2 aromatic rings. The Morgan fingerprint density at radius 2 is 1.27 bits per heavy atom. The Bertz CT molecular complexity index is 388. The standard InChI is InChI=1S/C13H13NS/c1-10-2-6-12(7-3-10)15-13-8-4-11(14)5-9-13/h2-9H,14H2,1H3. The molecule has 0 amide bonds. The first kappa shape index (κ1) is 10.1. The van der Waals surface area contributed by atoms with Crippen LogP contribution in [0.4, 0.5) is 5.69 Å². The molecule has 0 aliphatic rings. The highest BCUT2D eigenvalue weighted by Gasteiger charge is 1.96. The SMILES string of the molecule is Cc1ccc(Sc2ccc(N)cc2)cc1. The van der Waals surface area contributed by atoms with Gasteiger partial charge in [-0.1, -0.05) is 29.5 Å². The van der Waals surface area contributed by atoms with E-state index in [0.717, 1.165) is 5.69 Å². The summed E-state index contributed by atoms with van der Waals surface area (Å²) in [7, 11) is 0. The van der Waals surface area contributed by atoms with Crippen LogP contribution in [-0.4, -0.2) is 0 Å². The maximum absolute atomic E-state index is 5.63. The minimum absolute atomic E-state index is 0.809. The van der Waals surface area contributed by atoms with E-state index in [-0.39, 0.29) is 0 Å². The Kier molecular flexibility index (Phi) is 2.97. The van der Waals surface area contributed by atoms with E-state index in [1.54, 1.807) is 11.8 Å². The second-order valence-electron chi connectivity index (χ2n) is 3.48. The lowest BCUT2D eigenvalue weighted by Crippen LogP contribution is -1.82. The molecule has 0 heterocycles. The van der Waals surface area contributed by atoms with Crippen LogP contribution in [0, 0.1) is 6.92 Å². The van der Waals surface area contributed by atoms with E-state index in [9.17, 15) is 0 Å². The third-order valence-electron chi connectivity index (χ3n) is 2.14. The second kappa shape index (κ2) is 4.41. The van der Waals surface area contributed by atoms with Crippen LogP contribution in [0.2, 0.25) is 0 Å². The van der Waals surface area contributed by atoms with Crippen LogP contribution in [0.3, 0.4) is 0 Å². The van der Waals surface area contributed by atoms with Crippen LogP contribution < -0.4 is 5.73 Å². The summed E-state index contributed by atoms with van der Waals surface area (Å²) in [6, 6.07) is 16.5. The molecule has 15 heavy (non-hydrogen) atoms. The van der Waals surface area contributed by atoms with Gasteiger partial charge in [-0.25, -0.2) is 0 Å². The Labute approximate surface area is 94.3 Å². The van der Waals surface area contributed by atoms with E-state index >= 15 is 0 Å². The molecule has 2 aromatic carbocycles. The lowest BCUT2D eigenvalue weighted by molar-refractivity contribution is 1.36. The van der Waals surface area contributed by atoms with E-state index < -0.39 is 0 Å². The molecular formula is C13H13NS. The number of anilines is 1. The lowest BCUT2D eigenvalue weighted by atomic mass is 10.2. The van der Waals surface area contributed by atoms with Gasteiger partial charge in [0.15, 0.2) is 0 Å². The first-order valence-corrected chi connectivity index (χ1v) is 5.66. The maximum Gasteiger partial charge on any atom is 0.0314 e. The molecule has 0 unspecified atom stereocenters. The minimum atomic E-state index is 0.809. The molecule has 76 valence electrons. The Morgan fingerprint density at radius 1 is 0.800 bits per heavy atom. The normalized spacial score (nSPS) is 10.2. The van der Waals surface area contributed by atoms with Crippen molar-refractivity contribution in [3.05, 3.63) is 54.1 Å². The summed E-state index contributed by atoms with van der Waals surface area (Å²) in [4.78, 5) is 2.47. The van der Waals surface area contributed by atoms with Crippen molar-refractivity contribution < 1.29 is 0 Å². The molecule has 0 saturated heterocycles. The van der Waals surface area contributed by atoms with Crippen LogP contribution in [0.15, 0.2) is 58.3 Å². The van der Waals surface area contributed by atoms with Crippen molar-refractivity contribution in [3.63, 3.8) is 0 Å². The average Bonchev–Trinajstić information content (AvgIpc) is 2.25. The van der Waals surface area contributed by atoms with Gasteiger partial charge in [-0.2, -0.15) is 0 Å². The molecule has 0 aromatic heterocycles. The fraction of sp³-hybridized carbons (Fsp3) is 0.0769. The fourth-order valence-corrected chi connectivity index (χ4v) is 2.09. The molecule has 0 radical (unpaired) electrons. The average molecular weight is 215 g/mol. The molecule has 0 aliphatic heterocycles. The lowest BCUT2D eigenvalue weighted by Gasteiger charge is -2.02. The smallest absolute Gasteiger partial charge is 0.0314 e. The minimum Gasteiger partial charge on any atom is -0.399 e. The van der Waals surface area contributed by atoms with Crippen LogP contribution in [0.25, 0.3) is 0 Å². The van der Waals surface area contributed by atoms with Gasteiger partial charge in [-0.05, 0) is 43.3 Å². The van der Waals surface area contributed by atoms with Crippen LogP contribution in [0.5, 0.6) is 0 Å². The molecular weight excluding hydrogens is 202 g/mol. The summed E-state index contributed by atoms with van der Waals surface area (Å²) in [6.07, 6.45) is 0. The van der Waals surface area contributed by atoms with Gasteiger partial charge >= 0.3 is 0 Å². The molecule has 2 rings (SSSR count). The van der Waals surface area contributed by atoms with Crippen LogP contribution >= 0.6 is 11.8 Å². The first-order chi connectivity index (χ1) is 7.24. The Balaban J connectivity index is 2.15. The number of nitrogens with two attached hydrogens (primary N) is 1. The molecule has 2 N–H and O–H groups in total. The summed E-state index contributed by atoms with van der Waals surface area (Å²) in [5.74, 6) is 0. The summed E-state index contributed by atoms with van der Waals surface area (Å²) in [6.45, 7) is 2.09. The van der Waals surface area contributed by atoms with Crippen LogP contribution in [-0.2, 0) is 0 Å². The number of benzene rings is 2. The predicted molar refractivity (Wildman–Crippen MR) is 66.2 cm³/mol. The summed E-state index contributed by atoms with van der Waals surface area (Å²) < 4.78 is 0. The molecule has 0 atom stereocenters. The Morgan fingerprint density at radius 3 is 1.80 bits per heavy atom. The van der Waals surface area contributed by atoms with E-state index in [1.165, 1.54) is 15.4 Å². The molecule has 0 bridgehead atoms. The van der Waals surface area contributed by atoms with E-state index in [1.807, 2.05) is 24.3 Å². The second-order valence-corrected chi connectivity index (χ2v) is 4.63. The van der Waals surface area contributed by atoms with Crippen LogP contribution in [0.1, 0.15) is 5.56 Å². The number of hydrogen-bond acceptors (Lipinski definition) is 2. The third kappa shape index (κ3) is 2.77. The van der Waals surface area contributed by atoms with Crippen molar-refractivity contribution in [2.75, 3.05) is 5.73 Å². The monoisotopic (exact) mass is 215 g/mol. The highest BCUT2D eigenvalue weighted by atomic mass is 32.2. The molecule has 1 nitrogen and oxygen atoms in total. The zero-order valence-corrected chi connectivity index (χ0v) is 9.42. The number of hydrogen-bond donors (Lipinski definition) is 1. The fourth-order valence-electron chi connectivity index (χ4n) is 1.28. The zero-order chi connectivity index (χ0) is 10.7. The van der Waals surface area contributed by atoms with Crippen molar-refractivity contribution in [3.8, 4) is 0 Å². The summed E-state index contributed by atoms with van der Waals surface area (Å²) in [5, 5.41) is 0. The van der Waals surface area contributed by atoms with Gasteiger partial charge in [0, 0.05) is 15.5 Å². The van der Waals surface area contributed by atoms with Crippen molar-refractivity contribution in [2.24, 2.45) is 0 Å². The van der Waals surface area contributed by atoms with Crippen molar-refractivity contribution >= 4 is 17.4 Å². The maximum atomic E-state index is 5.63. The van der Waals surface area contributed by atoms with Gasteiger partial charge < -0.3 is 5.73 Å². The summed E-state index contributed by atoms with van der Waals surface area (Å²) in [5.41, 5.74) is 7.73. The predicted octanol–water partition coefficient (Wildman–Crippen LogP) is 3.73. The van der Waals surface area contributed by atoms with Gasteiger partial charge in [-0.15, -0.1) is 0 Å². The summed E-state index contributed by atoms with van der Waals surface area (Å²) >= 11 is 1.75. The van der Waals surface area contributed by atoms with E-state index in [2.05, 4.69) is 31.2 Å². The number of aryl methyl sites for hydroxylation is 1. The van der Waals surface area contributed by atoms with Gasteiger partial charge in [0.05, 0.1) is 0 Å². The zero-order valence-electron chi connectivity index (χ0n) is 8.60. The number of rotatable bonds is 2. The molecule has 0 fully saturated rings. The Hall–Kier alpha value is -1.41. The van der Waals surface area contributed by atoms with Gasteiger partial charge in [0.1, 0.15) is 0 Å². The van der Waals surface area contributed by atoms with E-state index in [0.29, 0.717) is 0 Å². The van der Waals surface area contributed by atoms with E-state index in [4.69, 9.17) is 5.73 Å². The highest BCUT2D eigenvalue weighted by Crippen LogP contribution is 2.28. The quantitative estimate of drug-likeness (QED) is 0.772. The van der Waals surface area contributed by atoms with Crippen molar-refractivity contribution in [1.29, 1.82) is 0 Å². The van der Waals surface area contributed by atoms with Crippen molar-refractivity contribution in [1.82, 2.24) is 0 Å². The highest BCUT2D eigenvalue weighted by molar-refractivity contribution is 7.99. The largest absolute Gasteiger partial charge is 0.399 e. The first-order valence-electron chi connectivity index (χ1n) is 4.84. The van der Waals surface area contributed by atoms with Gasteiger partial charge in [0.25, 0.3) is 0 Å². The third-order valence-corrected chi connectivity index (χ3v) is 3.15. The van der Waals surface area contributed by atoms with Gasteiger partial charge in [0.2, 0.25) is 0 Å². The molecule has 0 spiro atoms. The number of nitrogen functional groups attached to an aromatic ring is 1. The van der Waals surface area contributed by atoms with Gasteiger partial charge in [-0.3, -0.25) is 0 Å². The molecule has 0 saturated carbocycles. The molecule has 0 aliphatic carbocycles. The topological polar surface area (TPSA) is 26.0 Å².